The molecular formula is C21H22. The Morgan fingerprint density at radius 1 is 0.714 bits per heavy atom. The molecule has 0 amide bonds. The molecule has 2 aromatic carbocycles. The highest BCUT2D eigenvalue weighted by Crippen LogP contribution is 2.63. The van der Waals surface area contributed by atoms with Gasteiger partial charge in [0.15, 0.2) is 0 Å². The number of benzene rings is 2. The second kappa shape index (κ2) is 3.88. The van der Waals surface area contributed by atoms with Crippen molar-refractivity contribution in [2.45, 2.75) is 39.5 Å². The normalized spacial score (nSPS) is 20.8. The molecule has 4 rings (SSSR count). The van der Waals surface area contributed by atoms with Crippen LogP contribution in [0.1, 0.15) is 45.2 Å². The highest BCUT2D eigenvalue weighted by atomic mass is 14.5. The molecule has 0 aliphatic heterocycles. The quantitative estimate of drug-likeness (QED) is 0.539. The highest BCUT2D eigenvalue weighted by molar-refractivity contribution is 5.84. The molecule has 0 fully saturated rings. The van der Waals surface area contributed by atoms with Crippen LogP contribution in [0, 0.1) is 5.41 Å². The fourth-order valence-corrected chi connectivity index (χ4v) is 4.68. The lowest BCUT2D eigenvalue weighted by atomic mass is 9.70. The zero-order valence-electron chi connectivity index (χ0n) is 13.3. The van der Waals surface area contributed by atoms with Gasteiger partial charge in [0.05, 0.1) is 0 Å². The summed E-state index contributed by atoms with van der Waals surface area (Å²) in [6, 6.07) is 18.0. The van der Waals surface area contributed by atoms with Crippen molar-refractivity contribution in [3.63, 3.8) is 0 Å². The fourth-order valence-electron chi connectivity index (χ4n) is 4.68. The molecule has 2 aromatic rings. The first-order valence-corrected chi connectivity index (χ1v) is 7.86. The lowest BCUT2D eigenvalue weighted by molar-refractivity contribution is 0.385. The van der Waals surface area contributed by atoms with E-state index in [0.29, 0.717) is 0 Å². The first-order valence-electron chi connectivity index (χ1n) is 7.86. The van der Waals surface area contributed by atoms with Crippen molar-refractivity contribution >= 4 is 0 Å². The molecule has 0 heterocycles. The maximum atomic E-state index is 2.39. The van der Waals surface area contributed by atoms with Gasteiger partial charge in [-0.25, -0.2) is 0 Å². The number of hydrogen-bond donors (Lipinski definition) is 0. The van der Waals surface area contributed by atoms with Crippen molar-refractivity contribution in [3.05, 3.63) is 70.8 Å². The molecule has 0 unspecified atom stereocenters. The van der Waals surface area contributed by atoms with Crippen LogP contribution < -0.4 is 0 Å². The molecule has 0 radical (unpaired) electrons. The molecule has 106 valence electrons. The summed E-state index contributed by atoms with van der Waals surface area (Å²) in [5.41, 5.74) is 9.37. The highest BCUT2D eigenvalue weighted by Gasteiger charge is 2.52. The molecule has 0 saturated heterocycles. The molecule has 2 aliphatic carbocycles. The number of fused-ring (bicyclic) bond motifs is 5. The van der Waals surface area contributed by atoms with E-state index < -0.39 is 0 Å². The van der Waals surface area contributed by atoms with Gasteiger partial charge in [0.2, 0.25) is 0 Å². The third kappa shape index (κ3) is 1.41. The van der Waals surface area contributed by atoms with E-state index in [1.54, 1.807) is 11.1 Å². The summed E-state index contributed by atoms with van der Waals surface area (Å²) in [5.74, 6) is 0. The van der Waals surface area contributed by atoms with E-state index >= 15 is 0 Å². The van der Waals surface area contributed by atoms with Crippen LogP contribution in [-0.4, -0.2) is 0 Å². The lowest BCUT2D eigenvalue weighted by Crippen LogP contribution is -2.26. The van der Waals surface area contributed by atoms with Crippen molar-refractivity contribution in [1.29, 1.82) is 0 Å². The number of rotatable bonds is 0. The van der Waals surface area contributed by atoms with Gasteiger partial charge in [0.1, 0.15) is 0 Å². The Morgan fingerprint density at radius 3 is 1.62 bits per heavy atom. The van der Waals surface area contributed by atoms with E-state index in [1.807, 2.05) is 0 Å². The van der Waals surface area contributed by atoms with E-state index in [-0.39, 0.29) is 10.8 Å². The van der Waals surface area contributed by atoms with Crippen LogP contribution >= 0.6 is 0 Å². The monoisotopic (exact) mass is 274 g/mol. The number of hydrogen-bond acceptors (Lipinski definition) is 0. The van der Waals surface area contributed by atoms with Crippen LogP contribution in [-0.2, 0) is 5.41 Å². The Morgan fingerprint density at radius 2 is 1.19 bits per heavy atom. The zero-order chi connectivity index (χ0) is 14.8. The summed E-state index contributed by atoms with van der Waals surface area (Å²) in [6.07, 6.45) is 1.19. The summed E-state index contributed by atoms with van der Waals surface area (Å²) >= 11 is 0. The minimum atomic E-state index is 0.0980. The average molecular weight is 274 g/mol. The summed E-state index contributed by atoms with van der Waals surface area (Å²) in [7, 11) is 0. The topological polar surface area (TPSA) is 0 Å². The van der Waals surface area contributed by atoms with Gasteiger partial charge in [-0.15, -0.1) is 0 Å². The zero-order valence-corrected chi connectivity index (χ0v) is 13.3. The Labute approximate surface area is 127 Å². The second-order valence-electron chi connectivity index (χ2n) is 7.31. The molecule has 0 heteroatoms. The van der Waals surface area contributed by atoms with E-state index in [9.17, 15) is 0 Å². The first-order chi connectivity index (χ1) is 9.98. The van der Waals surface area contributed by atoms with Crippen LogP contribution in [0.4, 0.5) is 0 Å². The SMILES string of the molecule is CC1=C(C)C2(CC1(C)C)c1ccccc1-c1ccccc12. The van der Waals surface area contributed by atoms with Crippen LogP contribution in [0.3, 0.4) is 0 Å². The maximum absolute atomic E-state index is 2.39. The van der Waals surface area contributed by atoms with Crippen LogP contribution in [0.2, 0.25) is 0 Å². The minimum absolute atomic E-state index is 0.0980. The van der Waals surface area contributed by atoms with Gasteiger partial charge in [0.25, 0.3) is 0 Å². The standard InChI is InChI=1S/C21H22/c1-14-15(2)21(13-20(14,3)4)18-11-7-5-9-16(18)17-10-6-8-12-19(17)21/h5-12H,13H2,1-4H3. The predicted molar refractivity (Wildman–Crippen MR) is 89.4 cm³/mol. The van der Waals surface area contributed by atoms with Gasteiger partial charge in [-0.3, -0.25) is 0 Å². The van der Waals surface area contributed by atoms with E-state index in [4.69, 9.17) is 0 Å². The van der Waals surface area contributed by atoms with Gasteiger partial charge in [-0.1, -0.05) is 73.5 Å². The summed E-state index contributed by atoms with van der Waals surface area (Å²) in [4.78, 5) is 0. The van der Waals surface area contributed by atoms with Crippen molar-refractivity contribution < 1.29 is 0 Å². The van der Waals surface area contributed by atoms with Crippen molar-refractivity contribution in [2.75, 3.05) is 0 Å². The second-order valence-corrected chi connectivity index (χ2v) is 7.31. The first kappa shape index (κ1) is 12.9. The van der Waals surface area contributed by atoms with Crippen LogP contribution in [0.5, 0.6) is 0 Å². The Kier molecular flexibility index (Phi) is 2.38. The molecule has 0 aromatic heterocycles. The summed E-state index contributed by atoms with van der Waals surface area (Å²) in [5, 5.41) is 0. The molecule has 0 saturated carbocycles. The van der Waals surface area contributed by atoms with E-state index in [1.165, 1.54) is 28.7 Å². The molecule has 0 N–H and O–H groups in total. The fraction of sp³-hybridized carbons (Fsp3) is 0.333. The van der Waals surface area contributed by atoms with Crippen molar-refractivity contribution in [3.8, 4) is 11.1 Å². The van der Waals surface area contributed by atoms with Crippen LogP contribution in [0.25, 0.3) is 11.1 Å². The summed E-state index contributed by atoms with van der Waals surface area (Å²) < 4.78 is 0. The third-order valence-corrected chi connectivity index (χ3v) is 5.99. The van der Waals surface area contributed by atoms with E-state index in [2.05, 4.69) is 76.2 Å². The average Bonchev–Trinajstić information content (AvgIpc) is 2.87. The van der Waals surface area contributed by atoms with E-state index in [0.717, 1.165) is 0 Å². The van der Waals surface area contributed by atoms with Gasteiger partial charge in [-0.2, -0.15) is 0 Å². The molecule has 0 bridgehead atoms. The summed E-state index contributed by atoms with van der Waals surface area (Å²) in [6.45, 7) is 9.46. The van der Waals surface area contributed by atoms with Crippen LogP contribution in [0.15, 0.2) is 59.7 Å². The smallest absolute Gasteiger partial charge is 0.0431 e. The molecule has 2 aliphatic rings. The molecule has 0 atom stereocenters. The predicted octanol–water partition coefficient (Wildman–Crippen LogP) is 5.72. The Hall–Kier alpha value is -1.82. The Balaban J connectivity index is 2.12. The third-order valence-electron chi connectivity index (χ3n) is 5.99. The lowest BCUT2D eigenvalue weighted by Gasteiger charge is -2.32. The van der Waals surface area contributed by atoms with Gasteiger partial charge in [-0.05, 0) is 47.9 Å². The number of allylic oxidation sites excluding steroid dienone is 2. The molecular weight excluding hydrogens is 252 g/mol. The molecule has 1 spiro atoms. The van der Waals surface area contributed by atoms with Crippen molar-refractivity contribution in [2.24, 2.45) is 5.41 Å². The van der Waals surface area contributed by atoms with Gasteiger partial charge in [0, 0.05) is 5.41 Å². The Bertz CT molecular complexity index is 729. The largest absolute Gasteiger partial charge is 0.0675 e. The molecule has 0 nitrogen and oxygen atoms in total. The van der Waals surface area contributed by atoms with Gasteiger partial charge < -0.3 is 0 Å². The molecule has 21 heavy (non-hydrogen) atoms. The maximum Gasteiger partial charge on any atom is 0.0431 e. The van der Waals surface area contributed by atoms with Crippen molar-refractivity contribution in [1.82, 2.24) is 0 Å². The minimum Gasteiger partial charge on any atom is -0.0675 e. The van der Waals surface area contributed by atoms with Gasteiger partial charge >= 0.3 is 0 Å².